The zero-order valence-corrected chi connectivity index (χ0v) is 18.5. The molecule has 0 radical (unpaired) electrons. The lowest BCUT2D eigenvalue weighted by atomic mass is 9.91. The van der Waals surface area contributed by atoms with Gasteiger partial charge in [-0.1, -0.05) is 25.7 Å². The average Bonchev–Trinajstić information content (AvgIpc) is 2.68. The fourth-order valence-corrected chi connectivity index (χ4v) is 4.08. The Hall–Kier alpha value is -1.40. The number of unbranched alkanes of at least 4 members (excludes halogenated alkanes) is 3. The number of hydrogen-bond acceptors (Lipinski definition) is 5. The summed E-state index contributed by atoms with van der Waals surface area (Å²) in [5.74, 6) is 0.440. The third-order valence-corrected chi connectivity index (χ3v) is 6.07. The van der Waals surface area contributed by atoms with Gasteiger partial charge in [-0.2, -0.15) is 0 Å². The van der Waals surface area contributed by atoms with E-state index < -0.39 is 6.10 Å². The van der Waals surface area contributed by atoms with Crippen LogP contribution in [0.3, 0.4) is 0 Å². The van der Waals surface area contributed by atoms with Crippen LogP contribution >= 0.6 is 11.8 Å². The molecule has 0 aliphatic carbocycles. The summed E-state index contributed by atoms with van der Waals surface area (Å²) < 4.78 is 17.8. The lowest BCUT2D eigenvalue weighted by Gasteiger charge is -2.15. The Kier molecular flexibility index (Phi) is 13.7. The normalized spacial score (nSPS) is 13.1. The Bertz CT molecular complexity index is 591. The van der Waals surface area contributed by atoms with E-state index in [-0.39, 0.29) is 23.5 Å². The van der Waals surface area contributed by atoms with Crippen molar-refractivity contribution < 1.29 is 23.8 Å². The zero-order valence-electron chi connectivity index (χ0n) is 17.7. The molecule has 0 aliphatic heterocycles. The van der Waals surface area contributed by atoms with E-state index in [4.69, 9.17) is 4.74 Å². The molecule has 0 fully saturated rings. The molecule has 1 aromatic rings. The highest BCUT2D eigenvalue weighted by Crippen LogP contribution is 2.22. The summed E-state index contributed by atoms with van der Waals surface area (Å²) in [7, 11) is 0. The second kappa shape index (κ2) is 15.4. The molecule has 6 heteroatoms. The van der Waals surface area contributed by atoms with Crippen molar-refractivity contribution in [2.24, 2.45) is 5.92 Å². The van der Waals surface area contributed by atoms with Gasteiger partial charge >= 0.3 is 5.97 Å². The van der Waals surface area contributed by atoms with E-state index in [1.807, 2.05) is 6.92 Å². The van der Waals surface area contributed by atoms with Crippen molar-refractivity contribution >= 4 is 23.5 Å². The Labute approximate surface area is 178 Å². The third kappa shape index (κ3) is 12.7. The van der Waals surface area contributed by atoms with Gasteiger partial charge in [0.2, 0.25) is 0 Å². The molecule has 0 saturated carbocycles. The molecule has 0 heterocycles. The van der Waals surface area contributed by atoms with E-state index in [2.05, 4.69) is 0 Å². The van der Waals surface area contributed by atoms with Gasteiger partial charge in [0.05, 0.1) is 12.7 Å². The minimum Gasteiger partial charge on any atom is -0.466 e. The summed E-state index contributed by atoms with van der Waals surface area (Å²) >= 11 is 1.51. The van der Waals surface area contributed by atoms with E-state index in [1.165, 1.54) is 23.9 Å². The Morgan fingerprint density at radius 3 is 2.34 bits per heavy atom. The maximum absolute atomic E-state index is 12.9. The van der Waals surface area contributed by atoms with E-state index >= 15 is 0 Å². The fourth-order valence-electron chi connectivity index (χ4n) is 3.20. The molecule has 1 rings (SSSR count). The highest BCUT2D eigenvalue weighted by atomic mass is 32.2. The number of rotatable bonds is 16. The molecular formula is C23H35FO4S. The molecule has 0 aromatic heterocycles. The second-order valence-corrected chi connectivity index (χ2v) is 8.51. The van der Waals surface area contributed by atoms with Gasteiger partial charge in [0.25, 0.3) is 0 Å². The topological polar surface area (TPSA) is 63.6 Å². The number of halogens is 1. The summed E-state index contributed by atoms with van der Waals surface area (Å²) in [6.07, 6.45) is 7.00. The lowest BCUT2D eigenvalue weighted by molar-refractivity contribution is -0.143. The molecule has 0 saturated heterocycles. The van der Waals surface area contributed by atoms with Gasteiger partial charge < -0.3 is 9.84 Å². The number of hydrogen-bond donors (Lipinski definition) is 1. The highest BCUT2D eigenvalue weighted by Gasteiger charge is 2.15. The Morgan fingerprint density at radius 2 is 1.69 bits per heavy atom. The molecule has 4 nitrogen and oxygen atoms in total. The van der Waals surface area contributed by atoms with E-state index in [1.54, 1.807) is 19.1 Å². The summed E-state index contributed by atoms with van der Waals surface area (Å²) in [6, 6.07) is 6.27. The lowest BCUT2D eigenvalue weighted by Crippen LogP contribution is -2.14. The standard InChI is InChI=1S/C23H35FO4S/c1-3-28-23(27)12-7-5-4-6-9-19(18(2)25)10-8-11-21(26)17-29-22-15-13-20(24)14-16-22/h13-16,19,21,26H,3-12,17H2,1-2H3. The van der Waals surface area contributed by atoms with Gasteiger partial charge in [-0.15, -0.1) is 11.8 Å². The van der Waals surface area contributed by atoms with Crippen molar-refractivity contribution in [3.8, 4) is 0 Å². The smallest absolute Gasteiger partial charge is 0.305 e. The van der Waals surface area contributed by atoms with Crippen LogP contribution in [-0.4, -0.2) is 35.3 Å². The molecule has 164 valence electrons. The number of esters is 1. The van der Waals surface area contributed by atoms with Gasteiger partial charge in [-0.25, -0.2) is 4.39 Å². The largest absolute Gasteiger partial charge is 0.466 e. The minimum atomic E-state index is -0.430. The first-order chi connectivity index (χ1) is 13.9. The molecule has 29 heavy (non-hydrogen) atoms. The van der Waals surface area contributed by atoms with Gasteiger partial charge in [-0.05, 0) is 63.8 Å². The van der Waals surface area contributed by atoms with Crippen LogP contribution in [0.5, 0.6) is 0 Å². The summed E-state index contributed by atoms with van der Waals surface area (Å²) in [5.41, 5.74) is 0. The van der Waals surface area contributed by atoms with Crippen LogP contribution in [0.1, 0.15) is 71.6 Å². The first-order valence-corrected chi connectivity index (χ1v) is 11.6. The Morgan fingerprint density at radius 1 is 1.03 bits per heavy atom. The quantitative estimate of drug-likeness (QED) is 0.213. The minimum absolute atomic E-state index is 0.0528. The van der Waals surface area contributed by atoms with Crippen LogP contribution < -0.4 is 0 Å². The van der Waals surface area contributed by atoms with Crippen molar-refractivity contribution in [3.05, 3.63) is 30.1 Å². The van der Waals surface area contributed by atoms with Gasteiger partial charge in [-0.3, -0.25) is 9.59 Å². The molecule has 0 aliphatic rings. The fraction of sp³-hybridized carbons (Fsp3) is 0.652. The van der Waals surface area contributed by atoms with Crippen LogP contribution in [-0.2, 0) is 14.3 Å². The number of ketones is 1. The monoisotopic (exact) mass is 426 g/mol. The predicted octanol–water partition coefficient (Wildman–Crippen LogP) is 5.56. The van der Waals surface area contributed by atoms with Crippen molar-refractivity contribution in [3.63, 3.8) is 0 Å². The maximum atomic E-state index is 12.9. The maximum Gasteiger partial charge on any atom is 0.305 e. The number of ether oxygens (including phenoxy) is 1. The van der Waals surface area contributed by atoms with Crippen LogP contribution in [0.4, 0.5) is 4.39 Å². The number of Topliss-reactive ketones (excluding diaryl/α,β-unsaturated/α-hetero) is 1. The number of aliphatic hydroxyl groups is 1. The molecule has 2 unspecified atom stereocenters. The van der Waals surface area contributed by atoms with Crippen LogP contribution in [0, 0.1) is 11.7 Å². The van der Waals surface area contributed by atoms with Crippen molar-refractivity contribution in [1.29, 1.82) is 0 Å². The third-order valence-electron chi connectivity index (χ3n) is 4.91. The molecule has 2 atom stereocenters. The highest BCUT2D eigenvalue weighted by molar-refractivity contribution is 7.99. The van der Waals surface area contributed by atoms with Crippen molar-refractivity contribution in [2.75, 3.05) is 12.4 Å². The van der Waals surface area contributed by atoms with Gasteiger partial charge in [0, 0.05) is 23.0 Å². The average molecular weight is 427 g/mol. The number of aliphatic hydroxyl groups excluding tert-OH is 1. The van der Waals surface area contributed by atoms with E-state index in [9.17, 15) is 19.1 Å². The van der Waals surface area contributed by atoms with Crippen LogP contribution in [0.15, 0.2) is 29.2 Å². The first-order valence-electron chi connectivity index (χ1n) is 10.6. The van der Waals surface area contributed by atoms with Crippen molar-refractivity contribution in [1.82, 2.24) is 0 Å². The molecule has 0 spiro atoms. The summed E-state index contributed by atoms with van der Waals surface area (Å²) in [6.45, 7) is 3.88. The van der Waals surface area contributed by atoms with E-state index in [0.717, 1.165) is 49.8 Å². The summed E-state index contributed by atoms with van der Waals surface area (Å²) in [5, 5.41) is 10.2. The number of carbonyl (C=O) groups is 2. The molecule has 1 aromatic carbocycles. The van der Waals surface area contributed by atoms with Crippen LogP contribution in [0.2, 0.25) is 0 Å². The van der Waals surface area contributed by atoms with Gasteiger partial charge in [0.15, 0.2) is 0 Å². The second-order valence-electron chi connectivity index (χ2n) is 7.42. The SMILES string of the molecule is CCOC(=O)CCCCCCC(CCCC(O)CSc1ccc(F)cc1)C(C)=O. The van der Waals surface area contributed by atoms with Crippen molar-refractivity contribution in [2.45, 2.75) is 82.6 Å². The molecular weight excluding hydrogens is 391 g/mol. The molecule has 1 N–H and O–H groups in total. The first kappa shape index (κ1) is 25.6. The Balaban J connectivity index is 2.14. The number of carbonyl (C=O) groups excluding carboxylic acids is 2. The zero-order chi connectivity index (χ0) is 21.5. The number of thioether (sulfide) groups is 1. The predicted molar refractivity (Wildman–Crippen MR) is 115 cm³/mol. The summed E-state index contributed by atoms with van der Waals surface area (Å²) in [4.78, 5) is 24.1. The molecule has 0 amide bonds. The number of benzene rings is 1. The van der Waals surface area contributed by atoms with Crippen LogP contribution in [0.25, 0.3) is 0 Å². The van der Waals surface area contributed by atoms with E-state index in [0.29, 0.717) is 25.2 Å². The van der Waals surface area contributed by atoms with Gasteiger partial charge in [0.1, 0.15) is 11.6 Å². The molecule has 0 bridgehead atoms.